The zero-order valence-corrected chi connectivity index (χ0v) is 16.3. The molecule has 0 radical (unpaired) electrons. The molecular formula is C20H23N5O2S. The zero-order valence-electron chi connectivity index (χ0n) is 15.5. The molecule has 7 nitrogen and oxygen atoms in total. The number of piperidine rings is 1. The molecule has 2 N–H and O–H groups in total. The van der Waals surface area contributed by atoms with Gasteiger partial charge in [-0.2, -0.15) is 5.10 Å². The summed E-state index contributed by atoms with van der Waals surface area (Å²) in [6.07, 6.45) is 12.2. The Bertz CT molecular complexity index is 887. The number of amides is 1. The molecule has 146 valence electrons. The van der Waals surface area contributed by atoms with E-state index in [1.807, 2.05) is 11.1 Å². The van der Waals surface area contributed by atoms with E-state index < -0.39 is 5.60 Å². The third-order valence-electron chi connectivity index (χ3n) is 6.20. The van der Waals surface area contributed by atoms with Gasteiger partial charge in [-0.3, -0.25) is 9.89 Å². The molecule has 28 heavy (non-hydrogen) atoms. The fourth-order valence-electron chi connectivity index (χ4n) is 4.89. The summed E-state index contributed by atoms with van der Waals surface area (Å²) < 4.78 is 0. The number of thioether (sulfide) groups is 1. The van der Waals surface area contributed by atoms with E-state index in [4.69, 9.17) is 0 Å². The molecule has 0 spiro atoms. The lowest BCUT2D eigenvalue weighted by Crippen LogP contribution is -2.48. The van der Waals surface area contributed by atoms with E-state index in [-0.39, 0.29) is 17.9 Å². The van der Waals surface area contributed by atoms with Crippen LogP contribution in [0.3, 0.4) is 0 Å². The topological polar surface area (TPSA) is 95.0 Å². The Labute approximate surface area is 167 Å². The van der Waals surface area contributed by atoms with E-state index >= 15 is 0 Å². The van der Waals surface area contributed by atoms with E-state index in [1.54, 1.807) is 36.4 Å². The molecule has 2 aliphatic heterocycles. The molecule has 1 amide bonds. The second-order valence-corrected chi connectivity index (χ2v) is 9.01. The van der Waals surface area contributed by atoms with Gasteiger partial charge in [-0.1, -0.05) is 6.08 Å². The first kappa shape index (κ1) is 17.9. The number of rotatable bonds is 3. The highest BCUT2D eigenvalue weighted by Crippen LogP contribution is 2.47. The predicted octanol–water partition coefficient (Wildman–Crippen LogP) is 2.19. The lowest BCUT2D eigenvalue weighted by Gasteiger charge is -2.38. The number of nitrogens with one attached hydrogen (secondary N) is 1. The second kappa shape index (κ2) is 7.00. The number of nitrogens with zero attached hydrogens (tertiary/aromatic N) is 4. The van der Waals surface area contributed by atoms with Crippen LogP contribution in [0.1, 0.15) is 37.1 Å². The highest BCUT2D eigenvalue weighted by molar-refractivity contribution is 8.08. The maximum atomic E-state index is 13.3. The molecule has 1 saturated carbocycles. The van der Waals surface area contributed by atoms with Gasteiger partial charge in [0.25, 0.3) is 0 Å². The van der Waals surface area contributed by atoms with Gasteiger partial charge >= 0.3 is 0 Å². The number of carbonyl (C=O) groups excluding carboxylic acids is 1. The van der Waals surface area contributed by atoms with E-state index in [2.05, 4.69) is 26.2 Å². The van der Waals surface area contributed by atoms with Crippen LogP contribution in [0.2, 0.25) is 0 Å². The number of H-pyrrole nitrogens is 1. The van der Waals surface area contributed by atoms with Crippen LogP contribution in [0.5, 0.6) is 0 Å². The van der Waals surface area contributed by atoms with Crippen molar-refractivity contribution in [3.05, 3.63) is 48.3 Å². The van der Waals surface area contributed by atoms with Gasteiger partial charge in [-0.05, 0) is 31.2 Å². The van der Waals surface area contributed by atoms with Crippen molar-refractivity contribution in [1.82, 2.24) is 25.1 Å². The van der Waals surface area contributed by atoms with Crippen molar-refractivity contribution in [2.75, 3.05) is 12.3 Å². The minimum Gasteiger partial charge on any atom is -0.382 e. The minimum absolute atomic E-state index is 0.0615. The van der Waals surface area contributed by atoms with Crippen LogP contribution < -0.4 is 0 Å². The first-order chi connectivity index (χ1) is 13.6. The van der Waals surface area contributed by atoms with Crippen molar-refractivity contribution in [3.8, 4) is 0 Å². The number of carbonyl (C=O) groups is 1. The summed E-state index contributed by atoms with van der Waals surface area (Å²) in [7, 11) is 0. The van der Waals surface area contributed by atoms with Crippen molar-refractivity contribution < 1.29 is 9.90 Å². The lowest BCUT2D eigenvalue weighted by molar-refractivity contribution is -0.138. The summed E-state index contributed by atoms with van der Waals surface area (Å²) in [6.45, 7) is 0.766. The maximum absolute atomic E-state index is 13.3. The van der Waals surface area contributed by atoms with Crippen molar-refractivity contribution >= 4 is 22.6 Å². The molecule has 3 aliphatic rings. The number of hydrogen-bond donors (Lipinski definition) is 2. The Morgan fingerprint density at radius 3 is 2.96 bits per heavy atom. The van der Waals surface area contributed by atoms with Crippen LogP contribution in [0, 0.1) is 11.8 Å². The fourth-order valence-corrected chi connectivity index (χ4v) is 6.03. The van der Waals surface area contributed by atoms with Crippen molar-refractivity contribution in [2.24, 2.45) is 11.8 Å². The lowest BCUT2D eigenvalue weighted by atomic mass is 9.90. The summed E-state index contributed by atoms with van der Waals surface area (Å²) in [5, 5.41) is 18.1. The molecule has 0 bridgehead atoms. The molecule has 2 fully saturated rings. The van der Waals surface area contributed by atoms with Gasteiger partial charge in [0.05, 0.1) is 12.1 Å². The molecule has 0 aromatic carbocycles. The number of aromatic nitrogens is 4. The van der Waals surface area contributed by atoms with E-state index in [1.165, 1.54) is 0 Å². The van der Waals surface area contributed by atoms with Crippen molar-refractivity contribution in [3.63, 3.8) is 0 Å². The smallest absolute Gasteiger partial charge is 0.230 e. The second-order valence-electron chi connectivity index (χ2n) is 7.95. The summed E-state index contributed by atoms with van der Waals surface area (Å²) in [5.74, 6) is 1.61. The molecule has 2 aromatic rings. The summed E-state index contributed by atoms with van der Waals surface area (Å²) in [4.78, 5) is 25.1. The van der Waals surface area contributed by atoms with Gasteiger partial charge < -0.3 is 10.0 Å². The monoisotopic (exact) mass is 397 g/mol. The molecule has 4 heterocycles. The highest BCUT2D eigenvalue weighted by Gasteiger charge is 2.51. The Kier molecular flexibility index (Phi) is 4.47. The van der Waals surface area contributed by atoms with Gasteiger partial charge in [0, 0.05) is 53.8 Å². The van der Waals surface area contributed by atoms with Crippen molar-refractivity contribution in [1.29, 1.82) is 0 Å². The van der Waals surface area contributed by atoms with Crippen LogP contribution >= 0.6 is 11.8 Å². The van der Waals surface area contributed by atoms with Crippen LogP contribution in [-0.2, 0) is 10.4 Å². The molecule has 8 heteroatoms. The standard InChI is InChI=1S/C20H23N5O2S/c26-18(14-7-17(28-12-14)15-10-23-24-11-15)25-6-1-3-13-8-20(27,9-16(13)25)19-21-4-2-5-22-19/h2,4-5,7,10-11,13-14,16,27H,1,3,6,8-9,12H2,(H,23,24). The normalized spacial score (nSPS) is 32.2. The SMILES string of the molecule is O=C(C1C=C(c2cn[nH]c2)SC1)N1CCCC2CC(O)(c3ncccn3)CC21. The Hall–Kier alpha value is -2.19. The van der Waals surface area contributed by atoms with Gasteiger partial charge in [0.1, 0.15) is 5.60 Å². The average Bonchev–Trinajstić information content (AvgIpc) is 3.46. The van der Waals surface area contributed by atoms with Crippen molar-refractivity contribution in [2.45, 2.75) is 37.3 Å². The molecule has 5 rings (SSSR count). The Balaban J connectivity index is 1.35. The van der Waals surface area contributed by atoms with Gasteiger partial charge in [0.15, 0.2) is 5.82 Å². The largest absolute Gasteiger partial charge is 0.382 e. The molecule has 1 saturated heterocycles. The third kappa shape index (κ3) is 3.04. The molecule has 4 unspecified atom stereocenters. The van der Waals surface area contributed by atoms with Crippen LogP contribution in [0.4, 0.5) is 0 Å². The average molecular weight is 398 g/mol. The quantitative estimate of drug-likeness (QED) is 0.824. The number of likely N-dealkylation sites (tertiary alicyclic amines) is 1. The summed E-state index contributed by atoms with van der Waals surface area (Å²) in [5.41, 5.74) is -0.00455. The molecule has 2 aromatic heterocycles. The van der Waals surface area contributed by atoms with E-state index in [0.717, 1.165) is 35.6 Å². The number of aliphatic hydroxyl groups is 1. The predicted molar refractivity (Wildman–Crippen MR) is 106 cm³/mol. The van der Waals surface area contributed by atoms with Gasteiger partial charge in [-0.25, -0.2) is 9.97 Å². The molecule has 4 atom stereocenters. The van der Waals surface area contributed by atoms with Crippen LogP contribution in [0.25, 0.3) is 4.91 Å². The third-order valence-corrected chi connectivity index (χ3v) is 7.41. The minimum atomic E-state index is -1.04. The number of hydrogen-bond acceptors (Lipinski definition) is 6. The van der Waals surface area contributed by atoms with Gasteiger partial charge in [-0.15, -0.1) is 11.8 Å². The summed E-state index contributed by atoms with van der Waals surface area (Å²) >= 11 is 1.71. The first-order valence-electron chi connectivity index (χ1n) is 9.78. The highest BCUT2D eigenvalue weighted by atomic mass is 32.2. The molecule has 1 aliphatic carbocycles. The van der Waals surface area contributed by atoms with E-state index in [9.17, 15) is 9.90 Å². The Morgan fingerprint density at radius 2 is 2.18 bits per heavy atom. The zero-order chi connectivity index (χ0) is 19.1. The Morgan fingerprint density at radius 1 is 1.32 bits per heavy atom. The van der Waals surface area contributed by atoms with Crippen LogP contribution in [-0.4, -0.2) is 54.4 Å². The number of fused-ring (bicyclic) bond motifs is 1. The van der Waals surface area contributed by atoms with Crippen LogP contribution in [0.15, 0.2) is 36.9 Å². The summed E-state index contributed by atoms with van der Waals surface area (Å²) in [6, 6.07) is 1.82. The van der Waals surface area contributed by atoms with E-state index in [0.29, 0.717) is 24.6 Å². The first-order valence-corrected chi connectivity index (χ1v) is 10.8. The maximum Gasteiger partial charge on any atom is 0.230 e. The number of aromatic amines is 1. The fraction of sp³-hybridized carbons (Fsp3) is 0.500. The van der Waals surface area contributed by atoms with Gasteiger partial charge in [0.2, 0.25) is 5.91 Å². The molecular weight excluding hydrogens is 374 g/mol.